The summed E-state index contributed by atoms with van der Waals surface area (Å²) in [5.41, 5.74) is 1.82. The van der Waals surface area contributed by atoms with Crippen LogP contribution in [0.4, 0.5) is 5.82 Å². The number of aromatic nitrogens is 4. The summed E-state index contributed by atoms with van der Waals surface area (Å²) in [6.07, 6.45) is 1.94. The van der Waals surface area contributed by atoms with Crippen molar-refractivity contribution in [2.45, 2.75) is 25.4 Å². The van der Waals surface area contributed by atoms with Crippen LogP contribution >= 0.6 is 11.8 Å². The van der Waals surface area contributed by atoms with Gasteiger partial charge in [-0.15, -0.1) is 10.2 Å². The molecular formula is C20H19N5O3S. The zero-order valence-electron chi connectivity index (χ0n) is 16.0. The zero-order chi connectivity index (χ0) is 20.2. The quantitative estimate of drug-likeness (QED) is 0.455. The topological polar surface area (TPSA) is 99.0 Å². The monoisotopic (exact) mass is 409 g/mol. The number of thioether (sulfide) groups is 1. The van der Waals surface area contributed by atoms with E-state index in [1.807, 2.05) is 47.9 Å². The lowest BCUT2D eigenvalue weighted by atomic mass is 10.2. The van der Waals surface area contributed by atoms with Crippen molar-refractivity contribution in [3.05, 3.63) is 60.2 Å². The first-order chi connectivity index (χ1) is 14.1. The van der Waals surface area contributed by atoms with E-state index in [2.05, 4.69) is 20.7 Å². The minimum atomic E-state index is -0.137. The van der Waals surface area contributed by atoms with E-state index < -0.39 is 0 Å². The number of carbonyl (C=O) groups excluding carboxylic acids is 1. The van der Waals surface area contributed by atoms with Gasteiger partial charge in [-0.3, -0.25) is 9.36 Å². The Hall–Kier alpha value is -3.33. The zero-order valence-corrected chi connectivity index (χ0v) is 16.8. The fraction of sp³-hybridized carbons (Fsp3) is 0.200. The van der Waals surface area contributed by atoms with E-state index in [0.717, 1.165) is 17.0 Å². The van der Waals surface area contributed by atoms with E-state index in [4.69, 9.17) is 8.94 Å². The molecule has 0 saturated carbocycles. The molecular weight excluding hydrogens is 390 g/mol. The van der Waals surface area contributed by atoms with Crippen LogP contribution < -0.4 is 5.32 Å². The molecule has 3 aromatic heterocycles. The summed E-state index contributed by atoms with van der Waals surface area (Å²) in [6.45, 7) is 3.66. The molecule has 29 heavy (non-hydrogen) atoms. The predicted molar refractivity (Wildman–Crippen MR) is 109 cm³/mol. The number of carbonyl (C=O) groups is 1. The average molecular weight is 409 g/mol. The van der Waals surface area contributed by atoms with Gasteiger partial charge in [-0.1, -0.05) is 35.1 Å². The van der Waals surface area contributed by atoms with Gasteiger partial charge in [0, 0.05) is 23.9 Å². The van der Waals surface area contributed by atoms with E-state index >= 15 is 0 Å². The highest BCUT2D eigenvalue weighted by molar-refractivity contribution is 7.99. The smallest absolute Gasteiger partial charge is 0.226 e. The largest absolute Gasteiger partial charge is 0.469 e. The number of hydrogen-bond acceptors (Lipinski definition) is 7. The van der Waals surface area contributed by atoms with Crippen LogP contribution in [0, 0.1) is 13.8 Å². The number of amides is 1. The van der Waals surface area contributed by atoms with E-state index in [1.54, 1.807) is 19.3 Å². The molecule has 1 N–H and O–H groups in total. The Bertz CT molecular complexity index is 1120. The molecule has 1 aromatic carbocycles. The average Bonchev–Trinajstić information content (AvgIpc) is 3.42. The van der Waals surface area contributed by atoms with Gasteiger partial charge in [-0.05, 0) is 32.0 Å². The third-order valence-electron chi connectivity index (χ3n) is 4.20. The first-order valence-electron chi connectivity index (χ1n) is 9.03. The van der Waals surface area contributed by atoms with Gasteiger partial charge in [0.25, 0.3) is 0 Å². The van der Waals surface area contributed by atoms with Crippen molar-refractivity contribution in [3.63, 3.8) is 0 Å². The number of furan rings is 1. The van der Waals surface area contributed by atoms with Gasteiger partial charge >= 0.3 is 0 Å². The molecule has 4 aromatic rings. The van der Waals surface area contributed by atoms with Gasteiger partial charge in [0.15, 0.2) is 16.8 Å². The number of nitrogens with zero attached hydrogens (tertiary/aromatic N) is 4. The van der Waals surface area contributed by atoms with E-state index in [1.165, 1.54) is 11.8 Å². The summed E-state index contributed by atoms with van der Waals surface area (Å²) < 4.78 is 12.4. The van der Waals surface area contributed by atoms with Crippen LogP contribution in [-0.4, -0.2) is 31.6 Å². The van der Waals surface area contributed by atoms with Gasteiger partial charge in [0.1, 0.15) is 11.5 Å². The molecule has 0 spiro atoms. The van der Waals surface area contributed by atoms with Crippen molar-refractivity contribution in [2.24, 2.45) is 0 Å². The highest BCUT2D eigenvalue weighted by Gasteiger charge is 2.19. The normalized spacial score (nSPS) is 11.0. The maximum Gasteiger partial charge on any atom is 0.226 e. The van der Waals surface area contributed by atoms with Crippen LogP contribution in [0.25, 0.3) is 17.1 Å². The molecule has 0 unspecified atom stereocenters. The summed E-state index contributed by atoms with van der Waals surface area (Å²) >= 11 is 1.46. The minimum Gasteiger partial charge on any atom is -0.469 e. The number of para-hydroxylation sites is 1. The third kappa shape index (κ3) is 4.24. The van der Waals surface area contributed by atoms with Crippen LogP contribution in [0.15, 0.2) is 62.8 Å². The third-order valence-corrected chi connectivity index (χ3v) is 5.13. The molecule has 148 valence electrons. The molecule has 0 atom stereocenters. The molecule has 3 heterocycles. The molecule has 0 aliphatic carbocycles. The standard InChI is InChI=1S/C20H19N5O3S/c1-13-12-17(24-28-13)21-18(26)9-11-29-20-23-22-19(16-8-10-27-14(16)2)25(20)15-6-4-3-5-7-15/h3-8,10,12H,9,11H2,1-2H3,(H,21,24,26). The molecule has 0 saturated heterocycles. The second-order valence-corrected chi connectivity index (χ2v) is 7.40. The molecule has 9 heteroatoms. The van der Waals surface area contributed by atoms with E-state index in [0.29, 0.717) is 34.7 Å². The number of anilines is 1. The molecule has 0 aliphatic heterocycles. The first kappa shape index (κ1) is 19.0. The van der Waals surface area contributed by atoms with Gasteiger partial charge in [-0.2, -0.15) is 0 Å². The SMILES string of the molecule is Cc1cc(NC(=O)CCSc2nnc(-c3ccoc3C)n2-c2ccccc2)no1. The Kier molecular flexibility index (Phi) is 5.48. The van der Waals surface area contributed by atoms with Crippen molar-refractivity contribution in [3.8, 4) is 17.1 Å². The number of nitrogens with one attached hydrogen (secondary N) is 1. The van der Waals surface area contributed by atoms with Crippen molar-refractivity contribution in [2.75, 3.05) is 11.1 Å². The Morgan fingerprint density at radius 1 is 1.17 bits per heavy atom. The second-order valence-electron chi connectivity index (χ2n) is 6.34. The molecule has 8 nitrogen and oxygen atoms in total. The van der Waals surface area contributed by atoms with Gasteiger partial charge in [-0.25, -0.2) is 0 Å². The van der Waals surface area contributed by atoms with Crippen LogP contribution in [0.1, 0.15) is 17.9 Å². The first-order valence-corrected chi connectivity index (χ1v) is 10.0. The van der Waals surface area contributed by atoms with Crippen LogP contribution in [0.5, 0.6) is 0 Å². The molecule has 0 bridgehead atoms. The number of benzene rings is 1. The Balaban J connectivity index is 1.51. The summed E-state index contributed by atoms with van der Waals surface area (Å²) in [7, 11) is 0. The highest BCUT2D eigenvalue weighted by atomic mass is 32.2. The van der Waals surface area contributed by atoms with Crippen LogP contribution in [0.3, 0.4) is 0 Å². The second kappa shape index (κ2) is 8.36. The van der Waals surface area contributed by atoms with Crippen molar-refractivity contribution in [1.29, 1.82) is 0 Å². The summed E-state index contributed by atoms with van der Waals surface area (Å²) in [5.74, 6) is 2.94. The van der Waals surface area contributed by atoms with Crippen molar-refractivity contribution >= 4 is 23.5 Å². The predicted octanol–water partition coefficient (Wildman–Crippen LogP) is 4.25. The van der Waals surface area contributed by atoms with Gasteiger partial charge in [0.2, 0.25) is 5.91 Å². The number of aryl methyl sites for hydroxylation is 2. The minimum absolute atomic E-state index is 0.137. The van der Waals surface area contributed by atoms with Crippen LogP contribution in [0.2, 0.25) is 0 Å². The fourth-order valence-electron chi connectivity index (χ4n) is 2.83. The Labute approximate surface area is 171 Å². The maximum absolute atomic E-state index is 12.1. The highest BCUT2D eigenvalue weighted by Crippen LogP contribution is 2.30. The lowest BCUT2D eigenvalue weighted by molar-refractivity contribution is -0.115. The maximum atomic E-state index is 12.1. The van der Waals surface area contributed by atoms with Crippen molar-refractivity contribution in [1.82, 2.24) is 19.9 Å². The Morgan fingerprint density at radius 2 is 2.00 bits per heavy atom. The molecule has 0 fully saturated rings. The molecule has 0 aliphatic rings. The molecule has 4 rings (SSSR count). The fourth-order valence-corrected chi connectivity index (χ4v) is 3.72. The van der Waals surface area contributed by atoms with Gasteiger partial charge < -0.3 is 14.3 Å². The number of hydrogen-bond donors (Lipinski definition) is 1. The van der Waals surface area contributed by atoms with E-state index in [9.17, 15) is 4.79 Å². The molecule has 1 amide bonds. The van der Waals surface area contributed by atoms with E-state index in [-0.39, 0.29) is 5.91 Å². The van der Waals surface area contributed by atoms with Crippen LogP contribution in [-0.2, 0) is 4.79 Å². The Morgan fingerprint density at radius 3 is 2.69 bits per heavy atom. The summed E-state index contributed by atoms with van der Waals surface area (Å²) in [6, 6.07) is 13.4. The summed E-state index contributed by atoms with van der Waals surface area (Å²) in [4.78, 5) is 12.1. The van der Waals surface area contributed by atoms with Gasteiger partial charge in [0.05, 0.1) is 11.8 Å². The lowest BCUT2D eigenvalue weighted by Gasteiger charge is -2.09. The number of rotatable bonds is 7. The van der Waals surface area contributed by atoms with Crippen molar-refractivity contribution < 1.29 is 13.7 Å². The lowest BCUT2D eigenvalue weighted by Crippen LogP contribution is -2.12. The summed E-state index contributed by atoms with van der Waals surface area (Å²) in [5, 5.41) is 15.9. The molecule has 0 radical (unpaired) electrons.